The highest BCUT2D eigenvalue weighted by Crippen LogP contribution is 2.31. The Hall–Kier alpha value is -1.78. The molecule has 1 aromatic heterocycles. The van der Waals surface area contributed by atoms with E-state index in [2.05, 4.69) is 13.8 Å². The number of carboxylic acid groups (broad SMARTS) is 1. The fourth-order valence-electron chi connectivity index (χ4n) is 2.45. The monoisotopic (exact) mass is 279 g/mol. The van der Waals surface area contributed by atoms with Crippen LogP contribution in [0.15, 0.2) is 10.5 Å². The summed E-state index contributed by atoms with van der Waals surface area (Å²) in [6.45, 7) is 7.22. The van der Waals surface area contributed by atoms with Crippen molar-refractivity contribution in [1.29, 1.82) is 0 Å². The molecule has 1 aliphatic heterocycles. The van der Waals surface area contributed by atoms with Gasteiger partial charge in [0.1, 0.15) is 5.76 Å². The van der Waals surface area contributed by atoms with Gasteiger partial charge in [-0.2, -0.15) is 0 Å². The first-order valence-corrected chi connectivity index (χ1v) is 6.89. The van der Waals surface area contributed by atoms with E-state index in [9.17, 15) is 9.59 Å². The SMILES string of the molecule is Cc1oc(C(=O)O)cc1CN1CCC(C)(C)CCC1=O. The second-order valence-corrected chi connectivity index (χ2v) is 6.23. The van der Waals surface area contributed by atoms with Gasteiger partial charge in [-0.3, -0.25) is 4.79 Å². The van der Waals surface area contributed by atoms with Gasteiger partial charge in [-0.1, -0.05) is 13.8 Å². The van der Waals surface area contributed by atoms with Gasteiger partial charge in [0, 0.05) is 25.1 Å². The first-order valence-electron chi connectivity index (χ1n) is 6.89. The molecule has 1 aliphatic rings. The van der Waals surface area contributed by atoms with Gasteiger partial charge in [0.2, 0.25) is 11.7 Å². The number of aryl methyl sites for hydroxylation is 1. The summed E-state index contributed by atoms with van der Waals surface area (Å²) < 4.78 is 5.19. The Morgan fingerprint density at radius 3 is 2.75 bits per heavy atom. The molecule has 110 valence electrons. The molecule has 5 heteroatoms. The van der Waals surface area contributed by atoms with Crippen molar-refractivity contribution in [2.45, 2.75) is 46.6 Å². The van der Waals surface area contributed by atoms with Crippen LogP contribution in [0.2, 0.25) is 0 Å². The van der Waals surface area contributed by atoms with Crippen LogP contribution in [0.25, 0.3) is 0 Å². The number of carboxylic acids is 1. The van der Waals surface area contributed by atoms with E-state index in [1.165, 1.54) is 6.07 Å². The van der Waals surface area contributed by atoms with Crippen LogP contribution in [-0.4, -0.2) is 28.4 Å². The van der Waals surface area contributed by atoms with Gasteiger partial charge in [-0.15, -0.1) is 0 Å². The van der Waals surface area contributed by atoms with Crippen molar-refractivity contribution in [3.8, 4) is 0 Å². The lowest BCUT2D eigenvalue weighted by Crippen LogP contribution is -2.30. The van der Waals surface area contributed by atoms with E-state index >= 15 is 0 Å². The molecule has 0 radical (unpaired) electrons. The average molecular weight is 279 g/mol. The Morgan fingerprint density at radius 1 is 1.45 bits per heavy atom. The number of rotatable bonds is 3. The Bertz CT molecular complexity index is 530. The molecule has 0 bridgehead atoms. The van der Waals surface area contributed by atoms with Crippen molar-refractivity contribution in [2.75, 3.05) is 6.54 Å². The second-order valence-electron chi connectivity index (χ2n) is 6.23. The predicted octanol–water partition coefficient (Wildman–Crippen LogP) is 2.82. The lowest BCUT2D eigenvalue weighted by Gasteiger charge is -2.23. The summed E-state index contributed by atoms with van der Waals surface area (Å²) in [6.07, 6.45) is 2.41. The third kappa shape index (κ3) is 3.21. The molecule has 20 heavy (non-hydrogen) atoms. The van der Waals surface area contributed by atoms with E-state index in [1.54, 1.807) is 11.8 Å². The zero-order valence-corrected chi connectivity index (χ0v) is 12.2. The zero-order chi connectivity index (χ0) is 14.9. The number of carbonyl (C=O) groups is 2. The van der Waals surface area contributed by atoms with Crippen LogP contribution in [-0.2, 0) is 11.3 Å². The molecule has 0 spiro atoms. The molecule has 0 saturated carbocycles. The lowest BCUT2D eigenvalue weighted by atomic mass is 9.85. The Balaban J connectivity index is 2.12. The number of likely N-dealkylation sites (tertiary alicyclic amines) is 1. The van der Waals surface area contributed by atoms with Gasteiger partial charge in [0.25, 0.3) is 0 Å². The van der Waals surface area contributed by atoms with E-state index in [0.717, 1.165) is 18.4 Å². The lowest BCUT2D eigenvalue weighted by molar-refractivity contribution is -0.131. The van der Waals surface area contributed by atoms with Crippen molar-refractivity contribution in [3.63, 3.8) is 0 Å². The molecule has 1 amide bonds. The molecule has 2 rings (SSSR count). The number of aromatic carboxylic acids is 1. The Labute approximate surface area is 118 Å². The van der Waals surface area contributed by atoms with Crippen LogP contribution in [0.3, 0.4) is 0 Å². The molecule has 0 aliphatic carbocycles. The van der Waals surface area contributed by atoms with E-state index in [4.69, 9.17) is 9.52 Å². The van der Waals surface area contributed by atoms with Crippen molar-refractivity contribution >= 4 is 11.9 Å². The van der Waals surface area contributed by atoms with Gasteiger partial charge < -0.3 is 14.4 Å². The summed E-state index contributed by atoms with van der Waals surface area (Å²) in [7, 11) is 0. The number of amides is 1. The molecule has 2 heterocycles. The minimum Gasteiger partial charge on any atom is -0.475 e. The van der Waals surface area contributed by atoms with Crippen molar-refractivity contribution in [2.24, 2.45) is 5.41 Å². The highest BCUT2D eigenvalue weighted by Gasteiger charge is 2.28. The molecule has 1 aromatic rings. The van der Waals surface area contributed by atoms with Crippen LogP contribution >= 0.6 is 0 Å². The van der Waals surface area contributed by atoms with Gasteiger partial charge >= 0.3 is 5.97 Å². The first kappa shape index (κ1) is 14.6. The van der Waals surface area contributed by atoms with Crippen molar-refractivity contribution in [1.82, 2.24) is 4.90 Å². The van der Waals surface area contributed by atoms with E-state index in [1.807, 2.05) is 0 Å². The minimum atomic E-state index is -1.08. The summed E-state index contributed by atoms with van der Waals surface area (Å²) in [5.41, 5.74) is 0.956. The summed E-state index contributed by atoms with van der Waals surface area (Å²) >= 11 is 0. The zero-order valence-electron chi connectivity index (χ0n) is 12.2. The van der Waals surface area contributed by atoms with Gasteiger partial charge in [-0.05, 0) is 31.2 Å². The first-order chi connectivity index (χ1) is 9.28. The fourth-order valence-corrected chi connectivity index (χ4v) is 2.45. The third-order valence-corrected chi connectivity index (χ3v) is 4.02. The summed E-state index contributed by atoms with van der Waals surface area (Å²) in [5, 5.41) is 8.92. The summed E-state index contributed by atoms with van der Waals surface area (Å²) in [4.78, 5) is 24.8. The highest BCUT2D eigenvalue weighted by molar-refractivity contribution is 5.84. The highest BCUT2D eigenvalue weighted by atomic mass is 16.4. The molecule has 0 atom stereocenters. The molecule has 1 N–H and O–H groups in total. The standard InChI is InChI=1S/C15H21NO4/c1-10-11(8-12(20-10)14(18)19)9-16-7-6-15(2,3)5-4-13(16)17/h8H,4-7,9H2,1-3H3,(H,18,19). The van der Waals surface area contributed by atoms with Crippen LogP contribution in [0.1, 0.15) is 55.0 Å². The number of nitrogens with zero attached hydrogens (tertiary/aromatic N) is 1. The van der Waals surface area contributed by atoms with E-state index in [-0.39, 0.29) is 17.1 Å². The maximum Gasteiger partial charge on any atom is 0.371 e. The van der Waals surface area contributed by atoms with Crippen LogP contribution in [0.5, 0.6) is 0 Å². The van der Waals surface area contributed by atoms with Crippen LogP contribution in [0, 0.1) is 12.3 Å². The molecule has 0 unspecified atom stereocenters. The number of hydrogen-bond donors (Lipinski definition) is 1. The van der Waals surface area contributed by atoms with Crippen molar-refractivity contribution in [3.05, 3.63) is 23.2 Å². The largest absolute Gasteiger partial charge is 0.475 e. The summed E-state index contributed by atoms with van der Waals surface area (Å²) in [6, 6.07) is 1.51. The van der Waals surface area contributed by atoms with Gasteiger partial charge in [0.15, 0.2) is 0 Å². The van der Waals surface area contributed by atoms with Gasteiger partial charge in [-0.25, -0.2) is 4.79 Å². The minimum absolute atomic E-state index is 0.0694. The summed E-state index contributed by atoms with van der Waals surface area (Å²) in [5.74, 6) is -0.450. The maximum absolute atomic E-state index is 12.1. The third-order valence-electron chi connectivity index (χ3n) is 4.02. The van der Waals surface area contributed by atoms with Gasteiger partial charge in [0.05, 0.1) is 0 Å². The molecule has 1 saturated heterocycles. The molecule has 0 aromatic carbocycles. The molecule has 5 nitrogen and oxygen atoms in total. The fraction of sp³-hybridized carbons (Fsp3) is 0.600. The second kappa shape index (κ2) is 5.31. The number of carbonyl (C=O) groups excluding carboxylic acids is 1. The smallest absolute Gasteiger partial charge is 0.371 e. The molecule has 1 fully saturated rings. The molecular weight excluding hydrogens is 258 g/mol. The van der Waals surface area contributed by atoms with E-state index in [0.29, 0.717) is 25.3 Å². The van der Waals surface area contributed by atoms with E-state index < -0.39 is 5.97 Å². The van der Waals surface area contributed by atoms with Crippen LogP contribution in [0.4, 0.5) is 0 Å². The topological polar surface area (TPSA) is 70.8 Å². The maximum atomic E-state index is 12.1. The normalized spacial score (nSPS) is 18.9. The predicted molar refractivity (Wildman–Crippen MR) is 73.5 cm³/mol. The average Bonchev–Trinajstić information content (AvgIpc) is 2.67. The molecular formula is C15H21NO4. The number of hydrogen-bond acceptors (Lipinski definition) is 3. The number of furan rings is 1. The Kier molecular flexibility index (Phi) is 3.88. The van der Waals surface area contributed by atoms with Crippen molar-refractivity contribution < 1.29 is 19.1 Å². The Morgan fingerprint density at radius 2 is 2.15 bits per heavy atom. The van der Waals surface area contributed by atoms with Crippen LogP contribution < -0.4 is 0 Å². The quantitative estimate of drug-likeness (QED) is 0.923.